The molecule has 0 aliphatic heterocycles. The molecule has 0 amide bonds. The Hall–Kier alpha value is -4.06. The van der Waals surface area contributed by atoms with Gasteiger partial charge in [0.15, 0.2) is 0 Å². The van der Waals surface area contributed by atoms with Gasteiger partial charge >= 0.3 is 29.5 Å². The minimum atomic E-state index is -4.33. The van der Waals surface area contributed by atoms with E-state index in [0.29, 0.717) is 44.4 Å². The van der Waals surface area contributed by atoms with Crippen LogP contribution in [0.5, 0.6) is 0 Å². The first-order chi connectivity index (χ1) is 18.2. The average molecular weight is 569 g/mol. The molecule has 0 fully saturated rings. The first kappa shape index (κ1) is 30.5. The molecule has 3 aromatic carbocycles. The van der Waals surface area contributed by atoms with Crippen LogP contribution in [0.25, 0.3) is 33.1 Å². The lowest BCUT2D eigenvalue weighted by atomic mass is 9.91. The van der Waals surface area contributed by atoms with Gasteiger partial charge in [-0.1, -0.05) is 18.2 Å². The number of aromatic carboxylic acids is 1. The number of alkyl halides is 6. The zero-order valence-electron chi connectivity index (χ0n) is 21.4. The second-order valence-corrected chi connectivity index (χ2v) is 9.24. The fourth-order valence-corrected chi connectivity index (χ4v) is 4.44. The Balaban J connectivity index is 0.00000441. The first-order valence-electron chi connectivity index (χ1n) is 12.0. The molecule has 0 aliphatic rings. The summed E-state index contributed by atoms with van der Waals surface area (Å²) in [4.78, 5) is 12.1. The van der Waals surface area contributed by atoms with E-state index in [2.05, 4.69) is 10.6 Å². The second-order valence-electron chi connectivity index (χ2n) is 9.24. The summed E-state index contributed by atoms with van der Waals surface area (Å²) >= 11 is 0. The van der Waals surface area contributed by atoms with Crippen LogP contribution in [0, 0.1) is 13.8 Å². The van der Waals surface area contributed by atoms with Crippen molar-refractivity contribution in [3.8, 4) is 11.1 Å². The zero-order chi connectivity index (χ0) is 28.5. The van der Waals surface area contributed by atoms with Gasteiger partial charge in [-0.25, -0.2) is 9.21 Å². The summed E-state index contributed by atoms with van der Waals surface area (Å²) in [7, 11) is 0. The fraction of sp³-hybridized carbons (Fsp3) is 0.286. The molecule has 0 unspecified atom stereocenters. The Morgan fingerprint density at radius 1 is 0.800 bits per heavy atom. The van der Waals surface area contributed by atoms with Gasteiger partial charge in [0, 0.05) is 30.0 Å². The van der Waals surface area contributed by atoms with Crippen LogP contribution in [0.4, 0.5) is 37.7 Å². The van der Waals surface area contributed by atoms with E-state index >= 15 is 0 Å². The molecule has 40 heavy (non-hydrogen) atoms. The molecule has 0 aliphatic carbocycles. The SMILES string of the molecule is Cc1cc2c(-c3ccccc3C(=O)O)c3cc(C)c(NCCC(F)(F)F)cc3[o+]c2cc1NCCC(F)(F)F.[OH-]. The van der Waals surface area contributed by atoms with Crippen LogP contribution in [0.15, 0.2) is 52.9 Å². The molecular formula is C28H26F6N2O4. The standard InChI is InChI=1S/C28H24F6N2O3.H2O/c1-15-11-19-23(13-21(15)35-9-7-27(29,30)31)39-24-14-22(36-10-8-28(32,33)34)16(2)12-20(24)25(19)17-5-3-4-6-18(17)26(37)38;/h3-6,11-14,35-36H,7-10H2,1-2H3;1H2. The summed E-state index contributed by atoms with van der Waals surface area (Å²) in [6, 6.07) is 12.9. The Bertz CT molecular complexity index is 1470. The van der Waals surface area contributed by atoms with Crippen molar-refractivity contribution in [3.63, 3.8) is 0 Å². The molecule has 214 valence electrons. The molecule has 1 heterocycles. The lowest BCUT2D eigenvalue weighted by Crippen LogP contribution is -2.15. The van der Waals surface area contributed by atoms with Crippen molar-refractivity contribution >= 4 is 39.3 Å². The van der Waals surface area contributed by atoms with Gasteiger partial charge in [-0.15, -0.1) is 0 Å². The Morgan fingerprint density at radius 3 is 1.68 bits per heavy atom. The fourth-order valence-electron chi connectivity index (χ4n) is 4.44. The highest BCUT2D eigenvalue weighted by molar-refractivity contribution is 6.13. The number of anilines is 2. The van der Waals surface area contributed by atoms with Gasteiger partial charge in [0.1, 0.15) is 0 Å². The highest BCUT2D eigenvalue weighted by atomic mass is 19.4. The van der Waals surface area contributed by atoms with Crippen LogP contribution in [-0.4, -0.2) is 42.0 Å². The molecule has 12 heteroatoms. The summed E-state index contributed by atoms with van der Waals surface area (Å²) in [5.41, 5.74) is 3.54. The zero-order valence-corrected chi connectivity index (χ0v) is 21.4. The third kappa shape index (κ3) is 6.92. The molecule has 4 rings (SSSR count). The molecule has 0 saturated heterocycles. The predicted molar refractivity (Wildman–Crippen MR) is 140 cm³/mol. The number of aryl methyl sites for hydroxylation is 2. The molecular weight excluding hydrogens is 542 g/mol. The number of carbonyl (C=O) groups is 1. The van der Waals surface area contributed by atoms with E-state index in [9.17, 15) is 36.2 Å². The maximum Gasteiger partial charge on any atom is 0.390 e. The lowest BCUT2D eigenvalue weighted by molar-refractivity contribution is -0.132. The molecule has 4 aromatic rings. The average Bonchev–Trinajstić information content (AvgIpc) is 2.82. The number of nitrogens with one attached hydrogen (secondary N) is 2. The van der Waals surface area contributed by atoms with Gasteiger partial charge in [0.05, 0.1) is 41.3 Å². The molecule has 0 atom stereocenters. The normalized spacial score (nSPS) is 11.9. The summed E-state index contributed by atoms with van der Waals surface area (Å²) in [6.07, 6.45) is -10.7. The van der Waals surface area contributed by atoms with E-state index in [0.717, 1.165) is 0 Å². The van der Waals surface area contributed by atoms with Crippen molar-refractivity contribution in [2.24, 2.45) is 0 Å². The van der Waals surface area contributed by atoms with E-state index in [4.69, 9.17) is 4.42 Å². The molecule has 0 bridgehead atoms. The third-order valence-electron chi connectivity index (χ3n) is 6.29. The van der Waals surface area contributed by atoms with Gasteiger partial charge in [0.2, 0.25) is 0 Å². The van der Waals surface area contributed by atoms with Gasteiger partial charge in [0.25, 0.3) is 0 Å². The monoisotopic (exact) mass is 568 g/mol. The smallest absolute Gasteiger partial charge is 0.390 e. The number of hydrogen-bond donors (Lipinski definition) is 3. The van der Waals surface area contributed by atoms with Crippen LogP contribution in [0.3, 0.4) is 0 Å². The van der Waals surface area contributed by atoms with Crippen molar-refractivity contribution in [3.05, 3.63) is 65.2 Å². The molecule has 0 spiro atoms. The maximum absolute atomic E-state index is 12.7. The predicted octanol–water partition coefficient (Wildman–Crippen LogP) is 8.40. The lowest BCUT2D eigenvalue weighted by Gasteiger charge is -2.14. The van der Waals surface area contributed by atoms with Crippen LogP contribution in [-0.2, 0) is 0 Å². The van der Waals surface area contributed by atoms with Gasteiger partial charge in [-0.3, -0.25) is 0 Å². The Labute approximate surface area is 224 Å². The van der Waals surface area contributed by atoms with Crippen LogP contribution in [0.2, 0.25) is 0 Å². The van der Waals surface area contributed by atoms with Gasteiger partial charge in [-0.05, 0) is 48.7 Å². The summed E-state index contributed by atoms with van der Waals surface area (Å²) < 4.78 is 82.2. The molecule has 0 radical (unpaired) electrons. The van der Waals surface area contributed by atoms with Crippen molar-refractivity contribution in [2.45, 2.75) is 39.0 Å². The highest BCUT2D eigenvalue weighted by Gasteiger charge is 2.29. The quantitative estimate of drug-likeness (QED) is 0.112. The highest BCUT2D eigenvalue weighted by Crippen LogP contribution is 2.41. The van der Waals surface area contributed by atoms with Gasteiger partial charge < -0.3 is 21.2 Å². The molecule has 0 saturated carbocycles. The molecule has 6 nitrogen and oxygen atoms in total. The minimum absolute atomic E-state index is 0. The topological polar surface area (TPSA) is 103 Å². The van der Waals surface area contributed by atoms with Crippen LogP contribution >= 0.6 is 0 Å². The number of rotatable bonds is 8. The van der Waals surface area contributed by atoms with E-state index < -0.39 is 31.2 Å². The minimum Gasteiger partial charge on any atom is -0.870 e. The molecule has 1 aromatic heterocycles. The third-order valence-corrected chi connectivity index (χ3v) is 6.29. The Morgan fingerprint density at radius 2 is 1.25 bits per heavy atom. The van der Waals surface area contributed by atoms with E-state index in [-0.39, 0.29) is 35.3 Å². The largest absolute Gasteiger partial charge is 0.870 e. The maximum atomic E-state index is 12.7. The van der Waals surface area contributed by atoms with Gasteiger partial charge in [-0.2, -0.15) is 26.3 Å². The molecule has 4 N–H and O–H groups in total. The van der Waals surface area contributed by atoms with Crippen molar-refractivity contribution in [1.82, 2.24) is 0 Å². The summed E-state index contributed by atoms with van der Waals surface area (Å²) in [6.45, 7) is 2.71. The van der Waals surface area contributed by atoms with Crippen molar-refractivity contribution in [2.75, 3.05) is 23.7 Å². The first-order valence-corrected chi connectivity index (χ1v) is 12.0. The second kappa shape index (κ2) is 11.6. The number of fused-ring (bicyclic) bond motifs is 2. The van der Waals surface area contributed by atoms with E-state index in [1.54, 1.807) is 56.3 Å². The van der Waals surface area contributed by atoms with E-state index in [1.165, 1.54) is 6.07 Å². The number of halogens is 6. The summed E-state index contributed by atoms with van der Waals surface area (Å²) in [5.74, 6) is -1.16. The number of hydrogen-bond acceptors (Lipinski definition) is 4. The van der Waals surface area contributed by atoms with Crippen LogP contribution < -0.4 is 10.6 Å². The summed E-state index contributed by atoms with van der Waals surface area (Å²) in [5, 5.41) is 16.5. The number of benzene rings is 3. The number of carboxylic acid groups (broad SMARTS) is 1. The number of carboxylic acids is 1. The van der Waals surface area contributed by atoms with E-state index in [1.807, 2.05) is 0 Å². The van der Waals surface area contributed by atoms with Crippen molar-refractivity contribution in [1.29, 1.82) is 0 Å². The Kier molecular flexibility index (Phi) is 8.83. The van der Waals surface area contributed by atoms with Crippen molar-refractivity contribution < 1.29 is 46.1 Å². The van der Waals surface area contributed by atoms with Crippen LogP contribution in [0.1, 0.15) is 34.3 Å².